The Morgan fingerprint density at radius 1 is 0.865 bits per heavy atom. The second kappa shape index (κ2) is 14.5. The van der Waals surface area contributed by atoms with Crippen LogP contribution in [0.4, 0.5) is 22.7 Å². The number of carbonyl (C=O) groups is 3. The lowest BCUT2D eigenvalue weighted by Crippen LogP contribution is -2.37. The molecular formula is C40H38N4O8. The number of nitrogens with one attached hydrogen (secondary N) is 1. The lowest BCUT2D eigenvalue weighted by atomic mass is 10.1. The highest BCUT2D eigenvalue weighted by Crippen LogP contribution is 2.41. The van der Waals surface area contributed by atoms with Crippen LogP contribution in [0.3, 0.4) is 0 Å². The summed E-state index contributed by atoms with van der Waals surface area (Å²) < 4.78 is 28.6. The van der Waals surface area contributed by atoms with E-state index in [1.165, 1.54) is 27.4 Å². The summed E-state index contributed by atoms with van der Waals surface area (Å²) in [6.07, 6.45) is 4.53. The van der Waals surface area contributed by atoms with Gasteiger partial charge in [-0.15, -0.1) is 0 Å². The largest absolute Gasteiger partial charge is 0.493 e. The number of methoxy groups -OCH3 is 3. The summed E-state index contributed by atoms with van der Waals surface area (Å²) in [6.45, 7) is 0.409. The highest BCUT2D eigenvalue weighted by Gasteiger charge is 2.36. The van der Waals surface area contributed by atoms with E-state index in [0.29, 0.717) is 64.0 Å². The van der Waals surface area contributed by atoms with Crippen molar-refractivity contribution in [3.63, 3.8) is 0 Å². The van der Waals surface area contributed by atoms with E-state index >= 15 is 0 Å². The van der Waals surface area contributed by atoms with Crippen LogP contribution in [0, 0.1) is 0 Å². The summed E-state index contributed by atoms with van der Waals surface area (Å²) in [5.74, 6) is 0.398. The number of benzene rings is 4. The number of anilines is 3. The monoisotopic (exact) mass is 702 g/mol. The van der Waals surface area contributed by atoms with Gasteiger partial charge in [0.05, 0.1) is 49.9 Å². The van der Waals surface area contributed by atoms with Gasteiger partial charge in [-0.1, -0.05) is 36.4 Å². The molecular weight excluding hydrogens is 664 g/mol. The Morgan fingerprint density at radius 2 is 1.54 bits per heavy atom. The van der Waals surface area contributed by atoms with Crippen LogP contribution in [-0.2, 0) is 22.4 Å². The number of hydrogen-bond acceptors (Lipinski definition) is 10. The Balaban J connectivity index is 1.11. The van der Waals surface area contributed by atoms with Gasteiger partial charge in [0.2, 0.25) is 0 Å². The first kappa shape index (κ1) is 34.2. The smallest absolute Gasteiger partial charge is 0.330 e. The maximum absolute atomic E-state index is 13.8. The Hall–Kier alpha value is -6.30. The van der Waals surface area contributed by atoms with Crippen LogP contribution < -0.4 is 34.1 Å². The maximum Gasteiger partial charge on any atom is 0.330 e. The van der Waals surface area contributed by atoms with Gasteiger partial charge in [-0.2, -0.15) is 0 Å². The number of para-hydroxylation sites is 2. The SMILES string of the molecule is CNc1cc(OC/C(=C\C(=O)OC)COc2cc3c(cc2OC)C(=O)N2c4ccccc4C[C@H]2C=N3)c(OC)cc1C(=O)N1CCc2ccccc21. The van der Waals surface area contributed by atoms with Crippen LogP contribution >= 0.6 is 0 Å². The molecule has 0 fully saturated rings. The average Bonchev–Trinajstić information content (AvgIpc) is 3.75. The molecule has 3 aliphatic heterocycles. The third-order valence-electron chi connectivity index (χ3n) is 9.41. The van der Waals surface area contributed by atoms with Crippen molar-refractivity contribution in [3.05, 3.63) is 107 Å². The molecule has 1 N–H and O–H groups in total. The van der Waals surface area contributed by atoms with Gasteiger partial charge in [-0.05, 0) is 41.8 Å². The molecule has 2 amide bonds. The van der Waals surface area contributed by atoms with Crippen molar-refractivity contribution in [2.45, 2.75) is 18.9 Å². The van der Waals surface area contributed by atoms with Crippen LogP contribution in [0.5, 0.6) is 23.0 Å². The van der Waals surface area contributed by atoms with Crippen molar-refractivity contribution in [1.29, 1.82) is 0 Å². The van der Waals surface area contributed by atoms with Gasteiger partial charge in [-0.25, -0.2) is 4.79 Å². The molecule has 12 nitrogen and oxygen atoms in total. The molecule has 1 atom stereocenters. The minimum absolute atomic E-state index is 0.0820. The quantitative estimate of drug-likeness (QED) is 0.153. The first-order valence-corrected chi connectivity index (χ1v) is 16.8. The number of nitrogens with zero attached hydrogens (tertiary/aromatic N) is 3. The molecule has 0 spiro atoms. The van der Waals surface area contributed by atoms with Crippen LogP contribution in [0.15, 0.2) is 89.4 Å². The fraction of sp³-hybridized carbons (Fsp3) is 0.250. The Kier molecular flexibility index (Phi) is 9.53. The third-order valence-corrected chi connectivity index (χ3v) is 9.41. The molecule has 0 bridgehead atoms. The zero-order chi connectivity index (χ0) is 36.4. The van der Waals surface area contributed by atoms with Gasteiger partial charge in [0.1, 0.15) is 13.2 Å². The fourth-order valence-electron chi connectivity index (χ4n) is 6.79. The number of ether oxygens (including phenoxy) is 5. The van der Waals surface area contributed by atoms with Gasteiger partial charge in [0.25, 0.3) is 11.8 Å². The highest BCUT2D eigenvalue weighted by molar-refractivity contribution is 6.15. The lowest BCUT2D eigenvalue weighted by molar-refractivity contribution is -0.134. The van der Waals surface area contributed by atoms with Crippen LogP contribution in [0.1, 0.15) is 31.8 Å². The van der Waals surface area contributed by atoms with E-state index in [0.717, 1.165) is 28.9 Å². The summed E-state index contributed by atoms with van der Waals surface area (Å²) in [5.41, 5.74) is 6.21. The summed E-state index contributed by atoms with van der Waals surface area (Å²) in [6, 6.07) is 22.1. The molecule has 4 aromatic rings. The number of fused-ring (bicyclic) bond motifs is 5. The summed E-state index contributed by atoms with van der Waals surface area (Å²) in [5, 5.41) is 3.11. The predicted molar refractivity (Wildman–Crippen MR) is 197 cm³/mol. The predicted octanol–water partition coefficient (Wildman–Crippen LogP) is 5.79. The summed E-state index contributed by atoms with van der Waals surface area (Å²) in [7, 11) is 5.99. The molecule has 7 rings (SSSR count). The standard InChI is InChI=1S/C40H38N4O8/c1-41-30-19-36(34(48-2)17-28(30)39(46)43-14-13-25-9-5-7-11-32(25)43)51-22-24(15-38(45)50-4)23-52-37-20-31-29(18-35(37)49-3)40(47)44-27(21-42-31)16-26-10-6-8-12-33(26)44/h5-12,15,17-21,27,41H,13-14,16,22-23H2,1-4H3/b24-15+/t27-/m0/s1. The molecule has 0 aliphatic carbocycles. The fourth-order valence-corrected chi connectivity index (χ4v) is 6.79. The van der Waals surface area contributed by atoms with E-state index in [2.05, 4.69) is 10.3 Å². The average molecular weight is 703 g/mol. The molecule has 0 radical (unpaired) electrons. The molecule has 4 aromatic carbocycles. The topological polar surface area (TPSA) is 128 Å². The summed E-state index contributed by atoms with van der Waals surface area (Å²) >= 11 is 0. The highest BCUT2D eigenvalue weighted by atomic mass is 16.5. The molecule has 0 saturated heterocycles. The molecule has 0 unspecified atom stereocenters. The van der Waals surface area contributed by atoms with Crippen LogP contribution in [-0.4, -0.2) is 78.2 Å². The van der Waals surface area contributed by atoms with Gasteiger partial charge in [0, 0.05) is 61.4 Å². The molecule has 12 heteroatoms. The van der Waals surface area contributed by atoms with E-state index in [-0.39, 0.29) is 31.1 Å². The van der Waals surface area contributed by atoms with E-state index < -0.39 is 5.97 Å². The van der Waals surface area contributed by atoms with Crippen molar-refractivity contribution in [3.8, 4) is 23.0 Å². The van der Waals surface area contributed by atoms with Crippen molar-refractivity contribution in [2.75, 3.05) is 63.3 Å². The zero-order valence-electron chi connectivity index (χ0n) is 29.3. The van der Waals surface area contributed by atoms with E-state index in [9.17, 15) is 14.4 Å². The maximum atomic E-state index is 13.8. The molecule has 0 aromatic heterocycles. The first-order chi connectivity index (χ1) is 25.3. The van der Waals surface area contributed by atoms with E-state index in [4.69, 9.17) is 23.7 Å². The Morgan fingerprint density at radius 3 is 2.25 bits per heavy atom. The Labute approximate surface area is 301 Å². The normalized spacial score (nSPS) is 15.6. The number of hydrogen-bond donors (Lipinski definition) is 1. The molecule has 0 saturated carbocycles. The number of amides is 2. The van der Waals surface area contributed by atoms with Crippen molar-refractivity contribution >= 4 is 46.7 Å². The van der Waals surface area contributed by atoms with E-state index in [1.807, 2.05) is 48.5 Å². The van der Waals surface area contributed by atoms with E-state index in [1.54, 1.807) is 47.3 Å². The van der Waals surface area contributed by atoms with Crippen LogP contribution in [0.2, 0.25) is 0 Å². The number of carbonyl (C=O) groups excluding carboxylic acids is 3. The van der Waals surface area contributed by atoms with Crippen molar-refractivity contribution in [2.24, 2.45) is 4.99 Å². The minimum Gasteiger partial charge on any atom is -0.493 e. The number of esters is 1. The van der Waals surface area contributed by atoms with Crippen molar-refractivity contribution < 1.29 is 38.1 Å². The molecule has 3 aliphatic rings. The Bertz CT molecular complexity index is 2130. The molecule has 266 valence electrons. The zero-order valence-corrected chi connectivity index (χ0v) is 29.3. The number of aliphatic imine (C=N–C) groups is 1. The second-order valence-electron chi connectivity index (χ2n) is 12.4. The molecule has 3 heterocycles. The van der Waals surface area contributed by atoms with Gasteiger partial charge in [0.15, 0.2) is 23.0 Å². The summed E-state index contributed by atoms with van der Waals surface area (Å²) in [4.78, 5) is 48.2. The molecule has 52 heavy (non-hydrogen) atoms. The number of rotatable bonds is 11. The third kappa shape index (κ3) is 6.39. The van der Waals surface area contributed by atoms with Crippen LogP contribution in [0.25, 0.3) is 0 Å². The van der Waals surface area contributed by atoms with Gasteiger partial charge >= 0.3 is 5.97 Å². The minimum atomic E-state index is -0.595. The second-order valence-corrected chi connectivity index (χ2v) is 12.4. The van der Waals surface area contributed by atoms with Gasteiger partial charge in [-0.3, -0.25) is 19.5 Å². The lowest BCUT2D eigenvalue weighted by Gasteiger charge is -2.22. The van der Waals surface area contributed by atoms with Gasteiger partial charge < -0.3 is 33.9 Å². The first-order valence-electron chi connectivity index (χ1n) is 16.8. The van der Waals surface area contributed by atoms with Crippen molar-refractivity contribution in [1.82, 2.24) is 0 Å².